The highest BCUT2D eigenvalue weighted by atomic mass is 79.9. The minimum atomic E-state index is -0.677. The zero-order chi connectivity index (χ0) is 21.8. The van der Waals surface area contributed by atoms with Gasteiger partial charge in [0.15, 0.2) is 17.6 Å². The lowest BCUT2D eigenvalue weighted by atomic mass is 10.1. The molecular weight excluding hydrogens is 446 g/mol. The quantitative estimate of drug-likeness (QED) is 0.388. The number of carbonyl (C=O) groups excluding carboxylic acids is 1. The van der Waals surface area contributed by atoms with Crippen LogP contribution < -0.4 is 14.8 Å². The number of rotatable bonds is 11. The van der Waals surface area contributed by atoms with Crippen LogP contribution in [0.3, 0.4) is 0 Å². The number of methoxy groups -OCH3 is 1. The number of terminal acetylenes is 1. The first kappa shape index (κ1) is 23.5. The minimum absolute atomic E-state index is 0.177. The number of ether oxygens (including phenoxy) is 3. The molecule has 1 amide bonds. The van der Waals surface area contributed by atoms with Crippen molar-refractivity contribution in [3.63, 3.8) is 0 Å². The van der Waals surface area contributed by atoms with Crippen LogP contribution in [-0.2, 0) is 16.0 Å². The van der Waals surface area contributed by atoms with Crippen LogP contribution in [0.15, 0.2) is 59.1 Å². The van der Waals surface area contributed by atoms with Crippen LogP contribution in [0.25, 0.3) is 0 Å². The Labute approximate surface area is 186 Å². The van der Waals surface area contributed by atoms with Crippen LogP contribution in [0.5, 0.6) is 11.5 Å². The molecule has 2 rings (SSSR count). The van der Waals surface area contributed by atoms with Gasteiger partial charge in [-0.15, -0.1) is 6.42 Å². The van der Waals surface area contributed by atoms with Gasteiger partial charge in [-0.2, -0.15) is 0 Å². The Balaban J connectivity index is 1.99. The smallest absolute Gasteiger partial charge is 0.253 e. The Hall–Kier alpha value is -2.75. The summed E-state index contributed by atoms with van der Waals surface area (Å²) in [6.07, 6.45) is 8.95. The zero-order valence-corrected chi connectivity index (χ0v) is 18.8. The Kier molecular flexibility index (Phi) is 9.99. The van der Waals surface area contributed by atoms with Crippen molar-refractivity contribution in [2.75, 3.05) is 26.9 Å². The van der Waals surface area contributed by atoms with Crippen molar-refractivity contribution in [1.29, 1.82) is 0 Å². The highest BCUT2D eigenvalue weighted by Crippen LogP contribution is 2.28. The molecule has 158 valence electrons. The molecule has 0 heterocycles. The van der Waals surface area contributed by atoms with Gasteiger partial charge in [0.25, 0.3) is 5.91 Å². The van der Waals surface area contributed by atoms with Crippen LogP contribution in [0.2, 0.25) is 0 Å². The van der Waals surface area contributed by atoms with Gasteiger partial charge in [0.05, 0.1) is 13.7 Å². The van der Waals surface area contributed by atoms with Gasteiger partial charge in [-0.25, -0.2) is 0 Å². The summed E-state index contributed by atoms with van der Waals surface area (Å²) in [5, 5.41) is 2.96. The summed E-state index contributed by atoms with van der Waals surface area (Å²) >= 11 is 3.41. The van der Waals surface area contributed by atoms with E-state index in [-0.39, 0.29) is 12.5 Å². The molecule has 5 nitrogen and oxygen atoms in total. The fraction of sp³-hybridized carbons (Fsp3) is 0.292. The van der Waals surface area contributed by atoms with Gasteiger partial charge in [-0.3, -0.25) is 4.79 Å². The predicted molar refractivity (Wildman–Crippen MR) is 122 cm³/mol. The summed E-state index contributed by atoms with van der Waals surface area (Å²) < 4.78 is 17.6. The van der Waals surface area contributed by atoms with Crippen molar-refractivity contribution in [1.82, 2.24) is 5.32 Å². The molecule has 0 aliphatic carbocycles. The van der Waals surface area contributed by atoms with Crippen molar-refractivity contribution in [2.45, 2.75) is 19.4 Å². The highest BCUT2D eigenvalue weighted by Gasteiger charge is 2.20. The summed E-state index contributed by atoms with van der Waals surface area (Å²) in [7, 11) is 1.58. The molecule has 0 saturated heterocycles. The van der Waals surface area contributed by atoms with Crippen molar-refractivity contribution < 1.29 is 19.0 Å². The van der Waals surface area contributed by atoms with E-state index in [1.165, 1.54) is 0 Å². The van der Waals surface area contributed by atoms with Crippen molar-refractivity contribution >= 4 is 21.8 Å². The number of hydrogen-bond donors (Lipinski definition) is 1. The maximum atomic E-state index is 12.8. The summed E-state index contributed by atoms with van der Waals surface area (Å²) in [4.78, 5) is 12.8. The van der Waals surface area contributed by atoms with Crippen LogP contribution in [-0.4, -0.2) is 32.8 Å². The molecule has 1 atom stereocenters. The average molecular weight is 472 g/mol. The molecule has 2 aromatic rings. The molecular formula is C24H26BrNO4. The largest absolute Gasteiger partial charge is 0.493 e. The SMILES string of the molecule is C#CCOc1ccc(CCNC(=O)C(OCC=CC)c2ccc(Br)cc2)cc1OC. The molecule has 1 unspecified atom stereocenters. The number of carbonyl (C=O) groups is 1. The minimum Gasteiger partial charge on any atom is -0.493 e. The molecule has 1 N–H and O–H groups in total. The standard InChI is InChI=1S/C24H26BrNO4/c1-4-6-16-30-23(19-8-10-20(25)11-9-19)24(27)26-14-13-18-7-12-21(29-15-5-2)22(17-18)28-3/h2,4,6-12,17,23H,13-16H2,1,3H3,(H,26,27). The van der Waals surface area contributed by atoms with Crippen LogP contribution >= 0.6 is 15.9 Å². The van der Waals surface area contributed by atoms with Gasteiger partial charge in [-0.1, -0.05) is 52.2 Å². The molecule has 0 fully saturated rings. The van der Waals surface area contributed by atoms with E-state index in [1.54, 1.807) is 7.11 Å². The maximum Gasteiger partial charge on any atom is 0.253 e. The number of halogens is 1. The third-order valence-corrected chi connectivity index (χ3v) is 4.79. The van der Waals surface area contributed by atoms with Gasteiger partial charge >= 0.3 is 0 Å². The summed E-state index contributed by atoms with van der Waals surface area (Å²) in [6, 6.07) is 13.2. The van der Waals surface area contributed by atoms with E-state index < -0.39 is 6.10 Å². The van der Waals surface area contributed by atoms with Crippen LogP contribution in [0, 0.1) is 12.3 Å². The fourth-order valence-electron chi connectivity index (χ4n) is 2.74. The lowest BCUT2D eigenvalue weighted by Crippen LogP contribution is -2.32. The van der Waals surface area contributed by atoms with E-state index in [0.29, 0.717) is 31.1 Å². The highest BCUT2D eigenvalue weighted by molar-refractivity contribution is 9.10. The molecule has 0 aliphatic rings. The van der Waals surface area contributed by atoms with Gasteiger partial charge in [0.2, 0.25) is 0 Å². The molecule has 0 bridgehead atoms. The molecule has 0 aliphatic heterocycles. The Morgan fingerprint density at radius 2 is 2.00 bits per heavy atom. The maximum absolute atomic E-state index is 12.8. The normalized spacial score (nSPS) is 11.7. The number of benzene rings is 2. The lowest BCUT2D eigenvalue weighted by Gasteiger charge is -2.18. The number of amides is 1. The summed E-state index contributed by atoms with van der Waals surface area (Å²) in [5.41, 5.74) is 1.81. The summed E-state index contributed by atoms with van der Waals surface area (Å²) in [6.45, 7) is 2.92. The predicted octanol–water partition coefficient (Wildman–Crippen LogP) is 4.46. The third-order valence-electron chi connectivity index (χ3n) is 4.26. The fourth-order valence-corrected chi connectivity index (χ4v) is 3.00. The van der Waals surface area contributed by atoms with Crippen LogP contribution in [0.4, 0.5) is 0 Å². The van der Waals surface area contributed by atoms with E-state index in [1.807, 2.05) is 61.5 Å². The summed E-state index contributed by atoms with van der Waals surface area (Å²) in [5.74, 6) is 3.45. The van der Waals surface area contributed by atoms with Crippen molar-refractivity contribution in [2.24, 2.45) is 0 Å². The van der Waals surface area contributed by atoms with Gasteiger partial charge in [0, 0.05) is 11.0 Å². The van der Waals surface area contributed by atoms with Gasteiger partial charge < -0.3 is 19.5 Å². The van der Waals surface area contributed by atoms with E-state index in [4.69, 9.17) is 20.6 Å². The monoisotopic (exact) mass is 471 g/mol. The Morgan fingerprint density at radius 1 is 1.23 bits per heavy atom. The third kappa shape index (κ3) is 7.25. The second-order valence-electron chi connectivity index (χ2n) is 6.35. The molecule has 0 spiro atoms. The second kappa shape index (κ2) is 12.7. The van der Waals surface area contributed by atoms with Gasteiger partial charge in [0.1, 0.15) is 6.61 Å². The first-order valence-electron chi connectivity index (χ1n) is 9.58. The van der Waals surface area contributed by atoms with Gasteiger partial charge in [-0.05, 0) is 48.7 Å². The Bertz CT molecular complexity index is 887. The molecule has 0 radical (unpaired) electrons. The van der Waals surface area contributed by atoms with Crippen molar-refractivity contribution in [3.8, 4) is 23.8 Å². The topological polar surface area (TPSA) is 56.8 Å². The molecule has 2 aromatic carbocycles. The molecule has 30 heavy (non-hydrogen) atoms. The number of hydrogen-bond acceptors (Lipinski definition) is 4. The molecule has 6 heteroatoms. The van der Waals surface area contributed by atoms with Crippen LogP contribution in [0.1, 0.15) is 24.2 Å². The Morgan fingerprint density at radius 3 is 2.67 bits per heavy atom. The van der Waals surface area contributed by atoms with E-state index >= 15 is 0 Å². The second-order valence-corrected chi connectivity index (χ2v) is 7.27. The average Bonchev–Trinajstić information content (AvgIpc) is 2.76. The lowest BCUT2D eigenvalue weighted by molar-refractivity contribution is -0.132. The van der Waals surface area contributed by atoms with E-state index in [9.17, 15) is 4.79 Å². The molecule has 0 saturated carbocycles. The first-order valence-corrected chi connectivity index (χ1v) is 10.4. The zero-order valence-electron chi connectivity index (χ0n) is 17.2. The van der Waals surface area contributed by atoms with Crippen molar-refractivity contribution in [3.05, 3.63) is 70.2 Å². The number of allylic oxidation sites excluding steroid dienone is 1. The first-order chi connectivity index (χ1) is 14.6. The van der Waals surface area contributed by atoms with E-state index in [2.05, 4.69) is 27.2 Å². The molecule has 0 aromatic heterocycles. The van der Waals surface area contributed by atoms with E-state index in [0.717, 1.165) is 15.6 Å². The number of nitrogens with one attached hydrogen (secondary N) is 1.